The molecule has 1 atom stereocenters. The standard InChI is InChI=1S/C17H25ClO2/c1-5-20-16(19)17(3,4)12-8-9-13(2)14-10-6-7-11-15(14)18/h6-7,10-11,13H,5,8-9,12H2,1-4H3. The lowest BCUT2D eigenvalue weighted by atomic mass is 9.85. The summed E-state index contributed by atoms with van der Waals surface area (Å²) in [6, 6.07) is 7.96. The van der Waals surface area contributed by atoms with Gasteiger partial charge in [-0.3, -0.25) is 4.79 Å². The Morgan fingerprint density at radius 3 is 2.60 bits per heavy atom. The van der Waals surface area contributed by atoms with Crippen LogP contribution >= 0.6 is 11.6 Å². The van der Waals surface area contributed by atoms with Crippen LogP contribution in [0.5, 0.6) is 0 Å². The third kappa shape index (κ3) is 4.82. The van der Waals surface area contributed by atoms with Crippen LogP contribution in [0.1, 0.15) is 58.4 Å². The maximum absolute atomic E-state index is 11.8. The van der Waals surface area contributed by atoms with Crippen molar-refractivity contribution in [1.82, 2.24) is 0 Å². The van der Waals surface area contributed by atoms with Crippen molar-refractivity contribution in [2.24, 2.45) is 5.41 Å². The molecular weight excluding hydrogens is 272 g/mol. The number of carbonyl (C=O) groups excluding carboxylic acids is 1. The van der Waals surface area contributed by atoms with Gasteiger partial charge in [0.05, 0.1) is 12.0 Å². The minimum Gasteiger partial charge on any atom is -0.466 e. The number of carbonyl (C=O) groups is 1. The topological polar surface area (TPSA) is 26.3 Å². The molecule has 0 aliphatic heterocycles. The molecule has 0 saturated carbocycles. The zero-order chi connectivity index (χ0) is 15.2. The summed E-state index contributed by atoms with van der Waals surface area (Å²) in [6.07, 6.45) is 2.84. The van der Waals surface area contributed by atoms with E-state index < -0.39 is 5.41 Å². The maximum Gasteiger partial charge on any atom is 0.311 e. The van der Waals surface area contributed by atoms with E-state index in [-0.39, 0.29) is 5.97 Å². The van der Waals surface area contributed by atoms with E-state index in [0.717, 1.165) is 24.3 Å². The largest absolute Gasteiger partial charge is 0.466 e. The summed E-state index contributed by atoms with van der Waals surface area (Å²) < 4.78 is 5.11. The third-order valence-electron chi connectivity index (χ3n) is 3.70. The van der Waals surface area contributed by atoms with E-state index in [1.54, 1.807) is 0 Å². The maximum atomic E-state index is 11.8. The summed E-state index contributed by atoms with van der Waals surface area (Å²) in [5, 5.41) is 0.824. The SMILES string of the molecule is CCOC(=O)C(C)(C)CCCC(C)c1ccccc1Cl. The number of halogens is 1. The van der Waals surface area contributed by atoms with Gasteiger partial charge in [0, 0.05) is 5.02 Å². The van der Waals surface area contributed by atoms with Gasteiger partial charge in [-0.15, -0.1) is 0 Å². The molecule has 0 spiro atoms. The second kappa shape index (κ2) is 7.68. The summed E-state index contributed by atoms with van der Waals surface area (Å²) in [4.78, 5) is 11.8. The minimum atomic E-state index is -0.407. The van der Waals surface area contributed by atoms with Crippen molar-refractivity contribution in [3.63, 3.8) is 0 Å². The van der Waals surface area contributed by atoms with E-state index in [1.165, 1.54) is 5.56 Å². The minimum absolute atomic E-state index is 0.106. The highest BCUT2D eigenvalue weighted by Gasteiger charge is 2.28. The molecule has 0 saturated heterocycles. The molecule has 0 aromatic heterocycles. The highest BCUT2D eigenvalue weighted by atomic mass is 35.5. The van der Waals surface area contributed by atoms with E-state index in [0.29, 0.717) is 12.5 Å². The molecule has 1 rings (SSSR count). The molecule has 1 aromatic rings. The monoisotopic (exact) mass is 296 g/mol. The van der Waals surface area contributed by atoms with Gasteiger partial charge in [0.1, 0.15) is 0 Å². The summed E-state index contributed by atoms with van der Waals surface area (Å²) >= 11 is 6.21. The Morgan fingerprint density at radius 1 is 1.35 bits per heavy atom. The Bertz CT molecular complexity index is 440. The molecule has 0 heterocycles. The Kier molecular flexibility index (Phi) is 6.54. The summed E-state index contributed by atoms with van der Waals surface area (Å²) in [5.41, 5.74) is 0.777. The van der Waals surface area contributed by atoms with Crippen LogP contribution in [0, 0.1) is 5.41 Å². The second-order valence-electron chi connectivity index (χ2n) is 5.92. The lowest BCUT2D eigenvalue weighted by molar-refractivity contribution is -0.153. The Labute approximate surface area is 127 Å². The van der Waals surface area contributed by atoms with Gasteiger partial charge >= 0.3 is 5.97 Å². The average molecular weight is 297 g/mol. The molecule has 0 amide bonds. The lowest BCUT2D eigenvalue weighted by Crippen LogP contribution is -2.26. The molecule has 3 heteroatoms. The van der Waals surface area contributed by atoms with Crippen LogP contribution in [0.25, 0.3) is 0 Å². The van der Waals surface area contributed by atoms with Crippen molar-refractivity contribution in [1.29, 1.82) is 0 Å². The number of rotatable bonds is 7. The van der Waals surface area contributed by atoms with Gasteiger partial charge in [-0.2, -0.15) is 0 Å². The third-order valence-corrected chi connectivity index (χ3v) is 4.05. The molecule has 0 aliphatic rings. The first kappa shape index (κ1) is 17.0. The van der Waals surface area contributed by atoms with Gasteiger partial charge in [0.25, 0.3) is 0 Å². The van der Waals surface area contributed by atoms with Crippen LogP contribution in [0.2, 0.25) is 5.02 Å². The summed E-state index contributed by atoms with van der Waals surface area (Å²) in [5.74, 6) is 0.298. The van der Waals surface area contributed by atoms with E-state index in [2.05, 4.69) is 13.0 Å². The van der Waals surface area contributed by atoms with E-state index >= 15 is 0 Å². The molecule has 0 radical (unpaired) electrons. The molecule has 0 N–H and O–H groups in total. The van der Waals surface area contributed by atoms with Gasteiger partial charge in [-0.05, 0) is 51.2 Å². The number of benzene rings is 1. The van der Waals surface area contributed by atoms with Crippen molar-refractivity contribution in [2.75, 3.05) is 6.61 Å². The lowest BCUT2D eigenvalue weighted by Gasteiger charge is -2.23. The van der Waals surface area contributed by atoms with Crippen molar-refractivity contribution >= 4 is 17.6 Å². The Hall–Kier alpha value is -1.02. The smallest absolute Gasteiger partial charge is 0.311 e. The molecule has 0 fully saturated rings. The zero-order valence-electron chi connectivity index (χ0n) is 12.9. The predicted molar refractivity (Wildman–Crippen MR) is 84.1 cm³/mol. The van der Waals surface area contributed by atoms with Gasteiger partial charge in [-0.1, -0.05) is 43.1 Å². The van der Waals surface area contributed by atoms with Crippen molar-refractivity contribution in [3.8, 4) is 0 Å². The van der Waals surface area contributed by atoms with E-state index in [9.17, 15) is 4.79 Å². The fourth-order valence-corrected chi connectivity index (χ4v) is 2.63. The quantitative estimate of drug-likeness (QED) is 0.646. The fraction of sp³-hybridized carbons (Fsp3) is 0.588. The van der Waals surface area contributed by atoms with Crippen LogP contribution in [0.4, 0.5) is 0 Å². The van der Waals surface area contributed by atoms with Crippen molar-refractivity contribution < 1.29 is 9.53 Å². The molecule has 0 bridgehead atoms. The number of ether oxygens (including phenoxy) is 1. The number of hydrogen-bond donors (Lipinski definition) is 0. The molecular formula is C17H25ClO2. The molecule has 2 nitrogen and oxygen atoms in total. The predicted octanol–water partition coefficient (Wildman–Crippen LogP) is 5.20. The first-order valence-corrected chi connectivity index (χ1v) is 7.68. The van der Waals surface area contributed by atoms with Crippen LogP contribution in [-0.2, 0) is 9.53 Å². The van der Waals surface area contributed by atoms with Crippen LogP contribution in [0.15, 0.2) is 24.3 Å². The number of hydrogen-bond acceptors (Lipinski definition) is 2. The molecule has 112 valence electrons. The normalized spacial score (nSPS) is 13.1. The highest BCUT2D eigenvalue weighted by molar-refractivity contribution is 6.31. The Balaban J connectivity index is 2.48. The molecule has 20 heavy (non-hydrogen) atoms. The van der Waals surface area contributed by atoms with Gasteiger partial charge in [-0.25, -0.2) is 0 Å². The number of esters is 1. The van der Waals surface area contributed by atoms with Gasteiger partial charge in [0.15, 0.2) is 0 Å². The van der Waals surface area contributed by atoms with E-state index in [4.69, 9.17) is 16.3 Å². The first-order valence-electron chi connectivity index (χ1n) is 7.30. The highest BCUT2D eigenvalue weighted by Crippen LogP contribution is 2.31. The zero-order valence-corrected chi connectivity index (χ0v) is 13.7. The molecule has 0 aliphatic carbocycles. The van der Waals surface area contributed by atoms with Gasteiger partial charge < -0.3 is 4.74 Å². The first-order chi connectivity index (χ1) is 9.38. The van der Waals surface area contributed by atoms with Gasteiger partial charge in [0.2, 0.25) is 0 Å². The van der Waals surface area contributed by atoms with E-state index in [1.807, 2.05) is 39.0 Å². The van der Waals surface area contributed by atoms with Crippen LogP contribution in [0.3, 0.4) is 0 Å². The van der Waals surface area contributed by atoms with Crippen LogP contribution in [-0.4, -0.2) is 12.6 Å². The summed E-state index contributed by atoms with van der Waals surface area (Å²) in [6.45, 7) is 8.36. The Morgan fingerprint density at radius 2 is 2.00 bits per heavy atom. The summed E-state index contributed by atoms with van der Waals surface area (Å²) in [7, 11) is 0. The van der Waals surface area contributed by atoms with Crippen molar-refractivity contribution in [2.45, 2.75) is 52.9 Å². The average Bonchev–Trinajstić information content (AvgIpc) is 2.39. The van der Waals surface area contributed by atoms with Crippen LogP contribution < -0.4 is 0 Å². The molecule has 1 unspecified atom stereocenters. The second-order valence-corrected chi connectivity index (χ2v) is 6.33. The van der Waals surface area contributed by atoms with Crippen molar-refractivity contribution in [3.05, 3.63) is 34.9 Å². The fourth-order valence-electron chi connectivity index (χ4n) is 2.31. The molecule has 1 aromatic carbocycles.